The van der Waals surface area contributed by atoms with Crippen LogP contribution >= 0.6 is 0 Å². The number of nitriles is 1. The van der Waals surface area contributed by atoms with Crippen molar-refractivity contribution in [1.82, 2.24) is 4.98 Å². The van der Waals surface area contributed by atoms with Crippen LogP contribution < -0.4 is 5.32 Å². The van der Waals surface area contributed by atoms with E-state index in [-0.39, 0.29) is 6.42 Å². The van der Waals surface area contributed by atoms with E-state index in [9.17, 15) is 4.79 Å². The smallest absolute Gasteiger partial charge is 0.303 e. The van der Waals surface area contributed by atoms with Gasteiger partial charge in [0.2, 0.25) is 0 Å². The molecular formula is C14H19N3O2. The fourth-order valence-electron chi connectivity index (χ4n) is 1.89. The SMILES string of the molecule is Cc1cc(C)c(C#N)c(NCCCCCC(=O)O)n1. The van der Waals surface area contributed by atoms with E-state index < -0.39 is 5.97 Å². The molecule has 1 aromatic rings. The molecule has 0 radical (unpaired) electrons. The monoisotopic (exact) mass is 261 g/mol. The van der Waals surface area contributed by atoms with Crippen molar-refractivity contribution >= 4 is 11.8 Å². The zero-order valence-corrected chi connectivity index (χ0v) is 11.4. The molecule has 0 saturated carbocycles. The van der Waals surface area contributed by atoms with Gasteiger partial charge in [0.05, 0.1) is 5.56 Å². The van der Waals surface area contributed by atoms with Crippen molar-refractivity contribution in [3.8, 4) is 6.07 Å². The molecule has 19 heavy (non-hydrogen) atoms. The molecule has 1 heterocycles. The summed E-state index contributed by atoms with van der Waals surface area (Å²) in [5.74, 6) is -0.131. The lowest BCUT2D eigenvalue weighted by Crippen LogP contribution is -2.07. The Morgan fingerprint density at radius 2 is 2.16 bits per heavy atom. The molecule has 0 spiro atoms. The van der Waals surface area contributed by atoms with E-state index in [4.69, 9.17) is 10.4 Å². The molecule has 0 bridgehead atoms. The third-order valence-electron chi connectivity index (χ3n) is 2.82. The summed E-state index contributed by atoms with van der Waals surface area (Å²) < 4.78 is 0. The zero-order valence-electron chi connectivity index (χ0n) is 11.4. The summed E-state index contributed by atoms with van der Waals surface area (Å²) in [5, 5.41) is 20.8. The van der Waals surface area contributed by atoms with E-state index >= 15 is 0 Å². The molecule has 0 saturated heterocycles. The maximum absolute atomic E-state index is 10.4. The Balaban J connectivity index is 2.45. The molecule has 0 amide bonds. The fraction of sp³-hybridized carbons (Fsp3) is 0.500. The van der Waals surface area contributed by atoms with Gasteiger partial charge in [-0.15, -0.1) is 0 Å². The molecule has 0 unspecified atom stereocenters. The molecule has 2 N–H and O–H groups in total. The number of nitrogens with zero attached hydrogens (tertiary/aromatic N) is 2. The van der Waals surface area contributed by atoms with Gasteiger partial charge >= 0.3 is 5.97 Å². The van der Waals surface area contributed by atoms with Crippen LogP contribution in [0.15, 0.2) is 6.07 Å². The predicted molar refractivity (Wildman–Crippen MR) is 73.0 cm³/mol. The van der Waals surface area contributed by atoms with Crippen LogP contribution in [-0.4, -0.2) is 22.6 Å². The number of carbonyl (C=O) groups is 1. The molecule has 0 atom stereocenters. The number of hydrogen-bond acceptors (Lipinski definition) is 4. The van der Waals surface area contributed by atoms with Crippen molar-refractivity contribution in [3.63, 3.8) is 0 Å². The minimum atomic E-state index is -0.754. The normalized spacial score (nSPS) is 9.95. The van der Waals surface area contributed by atoms with Crippen molar-refractivity contribution in [1.29, 1.82) is 5.26 Å². The molecule has 102 valence electrons. The number of anilines is 1. The van der Waals surface area contributed by atoms with Gasteiger partial charge in [-0.3, -0.25) is 4.79 Å². The van der Waals surface area contributed by atoms with Gasteiger partial charge in [-0.25, -0.2) is 4.98 Å². The van der Waals surface area contributed by atoms with Crippen molar-refractivity contribution < 1.29 is 9.90 Å². The van der Waals surface area contributed by atoms with E-state index in [2.05, 4.69) is 16.4 Å². The molecule has 5 heteroatoms. The lowest BCUT2D eigenvalue weighted by molar-refractivity contribution is -0.137. The number of aryl methyl sites for hydroxylation is 2. The molecular weight excluding hydrogens is 242 g/mol. The highest BCUT2D eigenvalue weighted by Crippen LogP contribution is 2.17. The standard InChI is InChI=1S/C14H19N3O2/c1-10-8-11(2)17-14(12(10)9-15)16-7-5-3-4-6-13(18)19/h8H,3-7H2,1-2H3,(H,16,17)(H,18,19). The van der Waals surface area contributed by atoms with E-state index in [1.54, 1.807) is 0 Å². The van der Waals surface area contributed by atoms with Crippen LogP contribution in [0.4, 0.5) is 5.82 Å². The minimum absolute atomic E-state index is 0.214. The first-order chi connectivity index (χ1) is 9.04. The van der Waals surface area contributed by atoms with Gasteiger partial charge in [-0.05, 0) is 38.3 Å². The third kappa shape index (κ3) is 4.96. The number of carboxylic acid groups (broad SMARTS) is 1. The maximum Gasteiger partial charge on any atom is 0.303 e. The molecule has 0 aromatic carbocycles. The number of carboxylic acids is 1. The highest BCUT2D eigenvalue weighted by atomic mass is 16.4. The van der Waals surface area contributed by atoms with E-state index in [1.165, 1.54) is 0 Å². The number of nitrogens with one attached hydrogen (secondary N) is 1. The number of aromatic nitrogens is 1. The van der Waals surface area contributed by atoms with E-state index in [0.717, 1.165) is 24.1 Å². The van der Waals surface area contributed by atoms with Crippen LogP contribution in [0.25, 0.3) is 0 Å². The van der Waals surface area contributed by atoms with Gasteiger partial charge in [-0.1, -0.05) is 6.42 Å². The molecule has 0 aliphatic rings. The third-order valence-corrected chi connectivity index (χ3v) is 2.82. The maximum atomic E-state index is 10.4. The summed E-state index contributed by atoms with van der Waals surface area (Å²) >= 11 is 0. The highest BCUT2D eigenvalue weighted by molar-refractivity contribution is 5.66. The van der Waals surface area contributed by atoms with Crippen LogP contribution in [0, 0.1) is 25.2 Å². The minimum Gasteiger partial charge on any atom is -0.481 e. The summed E-state index contributed by atoms with van der Waals surface area (Å²) in [7, 11) is 0. The van der Waals surface area contributed by atoms with Crippen molar-refractivity contribution in [2.75, 3.05) is 11.9 Å². The predicted octanol–water partition coefficient (Wildman–Crippen LogP) is 2.63. The lowest BCUT2D eigenvalue weighted by atomic mass is 10.1. The topological polar surface area (TPSA) is 86.0 Å². The summed E-state index contributed by atoms with van der Waals surface area (Å²) in [6.45, 7) is 4.49. The number of aliphatic carboxylic acids is 1. The molecule has 0 aliphatic carbocycles. The summed E-state index contributed by atoms with van der Waals surface area (Å²) in [5.41, 5.74) is 2.38. The Labute approximate surface area is 113 Å². The van der Waals surface area contributed by atoms with Crippen molar-refractivity contribution in [2.24, 2.45) is 0 Å². The Morgan fingerprint density at radius 3 is 2.79 bits per heavy atom. The number of pyridine rings is 1. The fourth-order valence-corrected chi connectivity index (χ4v) is 1.89. The average Bonchev–Trinajstić information content (AvgIpc) is 2.32. The molecule has 0 fully saturated rings. The first kappa shape index (κ1) is 15.0. The quantitative estimate of drug-likeness (QED) is 0.737. The Hall–Kier alpha value is -2.09. The van der Waals surface area contributed by atoms with Crippen molar-refractivity contribution in [3.05, 3.63) is 22.9 Å². The lowest BCUT2D eigenvalue weighted by Gasteiger charge is -2.10. The average molecular weight is 261 g/mol. The number of unbranched alkanes of at least 4 members (excludes halogenated alkanes) is 2. The first-order valence-corrected chi connectivity index (χ1v) is 6.38. The molecule has 1 rings (SSSR count). The Kier molecular flexibility index (Phi) is 5.80. The van der Waals surface area contributed by atoms with Gasteiger partial charge in [0.25, 0.3) is 0 Å². The van der Waals surface area contributed by atoms with Crippen LogP contribution in [-0.2, 0) is 4.79 Å². The van der Waals surface area contributed by atoms with Crippen LogP contribution in [0.2, 0.25) is 0 Å². The van der Waals surface area contributed by atoms with Gasteiger partial charge < -0.3 is 10.4 Å². The zero-order chi connectivity index (χ0) is 14.3. The number of rotatable bonds is 7. The Morgan fingerprint density at radius 1 is 1.42 bits per heavy atom. The molecule has 0 aliphatic heterocycles. The van der Waals surface area contributed by atoms with Gasteiger partial charge in [-0.2, -0.15) is 5.26 Å². The van der Waals surface area contributed by atoms with Gasteiger partial charge in [0, 0.05) is 18.7 Å². The largest absolute Gasteiger partial charge is 0.481 e. The van der Waals surface area contributed by atoms with E-state index in [1.807, 2.05) is 19.9 Å². The Bertz CT molecular complexity index is 492. The van der Waals surface area contributed by atoms with Gasteiger partial charge in [0.15, 0.2) is 0 Å². The second kappa shape index (κ2) is 7.37. The van der Waals surface area contributed by atoms with Crippen LogP contribution in [0.5, 0.6) is 0 Å². The summed E-state index contributed by atoms with van der Waals surface area (Å²) in [6, 6.07) is 4.04. The number of hydrogen-bond donors (Lipinski definition) is 2. The van der Waals surface area contributed by atoms with Crippen molar-refractivity contribution in [2.45, 2.75) is 39.5 Å². The second-order valence-corrected chi connectivity index (χ2v) is 4.55. The van der Waals surface area contributed by atoms with Crippen LogP contribution in [0.1, 0.15) is 42.5 Å². The molecule has 1 aromatic heterocycles. The summed E-state index contributed by atoms with van der Waals surface area (Å²) in [6.07, 6.45) is 2.62. The second-order valence-electron chi connectivity index (χ2n) is 4.55. The first-order valence-electron chi connectivity index (χ1n) is 6.38. The highest BCUT2D eigenvalue weighted by Gasteiger charge is 2.07. The molecule has 5 nitrogen and oxygen atoms in total. The summed E-state index contributed by atoms with van der Waals surface area (Å²) in [4.78, 5) is 14.7. The van der Waals surface area contributed by atoms with E-state index in [0.29, 0.717) is 24.3 Å². The van der Waals surface area contributed by atoms with Gasteiger partial charge in [0.1, 0.15) is 11.9 Å². The van der Waals surface area contributed by atoms with Crippen LogP contribution in [0.3, 0.4) is 0 Å².